The van der Waals surface area contributed by atoms with Crippen LogP contribution >= 0.6 is 0 Å². The van der Waals surface area contributed by atoms with E-state index in [9.17, 15) is 17.6 Å². The van der Waals surface area contributed by atoms with E-state index in [1.165, 1.54) is 12.1 Å². The lowest BCUT2D eigenvalue weighted by molar-refractivity contribution is -0.274. The van der Waals surface area contributed by atoms with Gasteiger partial charge in [0.1, 0.15) is 11.6 Å². The van der Waals surface area contributed by atoms with Crippen molar-refractivity contribution >= 4 is 10.8 Å². The summed E-state index contributed by atoms with van der Waals surface area (Å²) < 4.78 is 55.5. The first-order valence-corrected chi connectivity index (χ1v) is 9.51. The maximum atomic E-state index is 14.4. The SMILES string of the molecule is CCc1ccc(-c2ccc(-c3ccc4cc(OC(F)(F)F)ccc4c3)cc2)c(F)c1. The third kappa shape index (κ3) is 4.30. The van der Waals surface area contributed by atoms with E-state index in [-0.39, 0.29) is 11.6 Å². The zero-order chi connectivity index (χ0) is 21.3. The zero-order valence-corrected chi connectivity index (χ0v) is 16.1. The van der Waals surface area contributed by atoms with Crippen molar-refractivity contribution in [1.82, 2.24) is 0 Å². The Hall–Kier alpha value is -3.34. The number of benzene rings is 4. The maximum absolute atomic E-state index is 14.4. The fourth-order valence-corrected chi connectivity index (χ4v) is 3.46. The predicted molar refractivity (Wildman–Crippen MR) is 111 cm³/mol. The molecule has 0 N–H and O–H groups in total. The lowest BCUT2D eigenvalue weighted by Gasteiger charge is -2.11. The topological polar surface area (TPSA) is 9.23 Å². The molecule has 0 saturated heterocycles. The summed E-state index contributed by atoms with van der Waals surface area (Å²) in [4.78, 5) is 0. The molecule has 0 radical (unpaired) electrons. The van der Waals surface area contributed by atoms with Crippen molar-refractivity contribution in [2.75, 3.05) is 0 Å². The molecule has 0 bridgehead atoms. The highest BCUT2D eigenvalue weighted by Crippen LogP contribution is 2.31. The summed E-state index contributed by atoms with van der Waals surface area (Å²) in [6.07, 6.45) is -3.94. The third-order valence-corrected chi connectivity index (χ3v) is 5.02. The molecular weight excluding hydrogens is 392 g/mol. The Balaban J connectivity index is 1.61. The van der Waals surface area contributed by atoms with E-state index >= 15 is 0 Å². The molecular formula is C25H18F4O. The number of halogens is 4. The number of alkyl halides is 3. The molecule has 4 aromatic rings. The van der Waals surface area contributed by atoms with Gasteiger partial charge in [0.2, 0.25) is 0 Å². The van der Waals surface area contributed by atoms with E-state index in [2.05, 4.69) is 4.74 Å². The standard InChI is InChI=1S/C25H18F4O/c1-2-16-3-12-23(24(26)13-16)18-6-4-17(5-7-18)19-8-9-21-15-22(30-25(27,28)29)11-10-20(21)14-19/h3-15H,2H2,1H3. The third-order valence-electron chi connectivity index (χ3n) is 5.02. The Morgan fingerprint density at radius 1 is 0.700 bits per heavy atom. The second-order valence-electron chi connectivity index (χ2n) is 7.02. The van der Waals surface area contributed by atoms with Gasteiger partial charge in [0.05, 0.1) is 0 Å². The van der Waals surface area contributed by atoms with Crippen LogP contribution in [0, 0.1) is 5.82 Å². The Bertz CT molecular complexity index is 1190. The zero-order valence-electron chi connectivity index (χ0n) is 16.1. The molecule has 152 valence electrons. The smallest absolute Gasteiger partial charge is 0.406 e. The molecule has 0 aliphatic carbocycles. The summed E-state index contributed by atoms with van der Waals surface area (Å²) in [5.41, 5.74) is 4.14. The number of rotatable bonds is 4. The first kappa shape index (κ1) is 20.0. The molecule has 4 aromatic carbocycles. The quantitative estimate of drug-likeness (QED) is 0.312. The van der Waals surface area contributed by atoms with Crippen LogP contribution in [0.4, 0.5) is 17.6 Å². The first-order valence-electron chi connectivity index (χ1n) is 9.51. The predicted octanol–water partition coefficient (Wildman–Crippen LogP) is 7.77. The molecule has 0 unspecified atom stereocenters. The lowest BCUT2D eigenvalue weighted by Crippen LogP contribution is -2.16. The fourth-order valence-electron chi connectivity index (χ4n) is 3.46. The van der Waals surface area contributed by atoms with Gasteiger partial charge in [-0.1, -0.05) is 61.5 Å². The van der Waals surface area contributed by atoms with Crippen LogP contribution < -0.4 is 4.74 Å². The average molecular weight is 410 g/mol. The van der Waals surface area contributed by atoms with Crippen LogP contribution in [-0.2, 0) is 6.42 Å². The summed E-state index contributed by atoms with van der Waals surface area (Å²) in [7, 11) is 0. The molecule has 0 aliphatic rings. The molecule has 0 aromatic heterocycles. The van der Waals surface area contributed by atoms with Gasteiger partial charge in [0.15, 0.2) is 0 Å². The van der Waals surface area contributed by atoms with Crippen LogP contribution in [-0.4, -0.2) is 6.36 Å². The van der Waals surface area contributed by atoms with E-state index in [4.69, 9.17) is 0 Å². The van der Waals surface area contributed by atoms with Gasteiger partial charge in [0, 0.05) is 5.56 Å². The van der Waals surface area contributed by atoms with Crippen LogP contribution in [0.2, 0.25) is 0 Å². The van der Waals surface area contributed by atoms with Crippen molar-refractivity contribution in [3.05, 3.63) is 90.2 Å². The Morgan fingerprint density at radius 3 is 2.00 bits per heavy atom. The summed E-state index contributed by atoms with van der Waals surface area (Å²) >= 11 is 0. The van der Waals surface area contributed by atoms with Crippen molar-refractivity contribution in [2.24, 2.45) is 0 Å². The van der Waals surface area contributed by atoms with E-state index in [1.807, 2.05) is 49.4 Å². The molecule has 0 aliphatic heterocycles. The highest BCUT2D eigenvalue weighted by molar-refractivity contribution is 5.88. The summed E-state index contributed by atoms with van der Waals surface area (Å²) in [5, 5.41) is 1.45. The van der Waals surface area contributed by atoms with Gasteiger partial charge in [-0.05, 0) is 63.7 Å². The fraction of sp³-hybridized carbons (Fsp3) is 0.120. The first-order chi connectivity index (χ1) is 14.3. The van der Waals surface area contributed by atoms with Crippen molar-refractivity contribution in [3.8, 4) is 28.0 Å². The molecule has 0 spiro atoms. The van der Waals surface area contributed by atoms with Crippen molar-refractivity contribution < 1.29 is 22.3 Å². The molecule has 0 heterocycles. The summed E-state index contributed by atoms with van der Waals surface area (Å²) in [6, 6.07) is 22.6. The maximum Gasteiger partial charge on any atom is 0.573 e. The Labute approximate surface area is 171 Å². The number of hydrogen-bond acceptors (Lipinski definition) is 1. The molecule has 5 heteroatoms. The summed E-state index contributed by atoms with van der Waals surface area (Å²) in [6.45, 7) is 1.98. The van der Waals surface area contributed by atoms with Crippen molar-refractivity contribution in [3.63, 3.8) is 0 Å². The number of ether oxygens (including phenoxy) is 1. The molecule has 0 fully saturated rings. The molecule has 0 saturated carbocycles. The van der Waals surface area contributed by atoms with Gasteiger partial charge in [-0.2, -0.15) is 0 Å². The molecule has 0 atom stereocenters. The van der Waals surface area contributed by atoms with Gasteiger partial charge < -0.3 is 4.74 Å². The van der Waals surface area contributed by atoms with Crippen LogP contribution in [0.15, 0.2) is 78.9 Å². The van der Waals surface area contributed by atoms with E-state index < -0.39 is 6.36 Å². The second-order valence-corrected chi connectivity index (χ2v) is 7.02. The normalized spacial score (nSPS) is 11.6. The summed E-state index contributed by atoms with van der Waals surface area (Å²) in [5.74, 6) is -0.493. The Kier molecular flexibility index (Phi) is 5.20. The highest BCUT2D eigenvalue weighted by atomic mass is 19.4. The van der Waals surface area contributed by atoms with Crippen LogP contribution in [0.25, 0.3) is 33.0 Å². The van der Waals surface area contributed by atoms with E-state index in [0.29, 0.717) is 10.9 Å². The average Bonchev–Trinajstić information content (AvgIpc) is 2.72. The minimum atomic E-state index is -4.72. The minimum Gasteiger partial charge on any atom is -0.406 e. The van der Waals surface area contributed by atoms with Crippen LogP contribution in [0.3, 0.4) is 0 Å². The molecule has 4 rings (SSSR count). The van der Waals surface area contributed by atoms with E-state index in [0.717, 1.165) is 34.1 Å². The minimum absolute atomic E-state index is 0.246. The number of fused-ring (bicyclic) bond motifs is 1. The monoisotopic (exact) mass is 410 g/mol. The van der Waals surface area contributed by atoms with Gasteiger partial charge in [0.25, 0.3) is 0 Å². The molecule has 0 amide bonds. The van der Waals surface area contributed by atoms with E-state index in [1.54, 1.807) is 24.3 Å². The molecule has 30 heavy (non-hydrogen) atoms. The Morgan fingerprint density at radius 2 is 1.33 bits per heavy atom. The van der Waals surface area contributed by atoms with Gasteiger partial charge in [-0.15, -0.1) is 13.2 Å². The van der Waals surface area contributed by atoms with Gasteiger partial charge in [-0.3, -0.25) is 0 Å². The number of hydrogen-bond donors (Lipinski definition) is 0. The highest BCUT2D eigenvalue weighted by Gasteiger charge is 2.31. The molecule has 1 nitrogen and oxygen atoms in total. The largest absolute Gasteiger partial charge is 0.573 e. The lowest BCUT2D eigenvalue weighted by atomic mass is 9.97. The van der Waals surface area contributed by atoms with Crippen LogP contribution in [0.1, 0.15) is 12.5 Å². The van der Waals surface area contributed by atoms with Crippen LogP contribution in [0.5, 0.6) is 5.75 Å². The second kappa shape index (κ2) is 7.82. The van der Waals surface area contributed by atoms with Gasteiger partial charge >= 0.3 is 6.36 Å². The number of aryl methyl sites for hydroxylation is 1. The van der Waals surface area contributed by atoms with Crippen molar-refractivity contribution in [2.45, 2.75) is 19.7 Å². The van der Waals surface area contributed by atoms with Gasteiger partial charge in [-0.25, -0.2) is 4.39 Å². The van der Waals surface area contributed by atoms with Crippen molar-refractivity contribution in [1.29, 1.82) is 0 Å².